The number of ether oxygens (including phenoxy) is 1. The van der Waals surface area contributed by atoms with Gasteiger partial charge in [0.1, 0.15) is 11.3 Å². The number of nitrogens with two attached hydrogens (primary N) is 1. The smallest absolute Gasteiger partial charge is 0.335 e. The summed E-state index contributed by atoms with van der Waals surface area (Å²) in [5.74, 6) is 0.420. The number of quaternary nitrogens is 1. The summed E-state index contributed by atoms with van der Waals surface area (Å²) >= 11 is 0. The highest BCUT2D eigenvalue weighted by Gasteiger charge is 2.34. The summed E-state index contributed by atoms with van der Waals surface area (Å²) in [4.78, 5) is 31.3. The quantitative estimate of drug-likeness (QED) is 0.390. The molecule has 1 aliphatic rings. The predicted octanol–water partition coefficient (Wildman–Crippen LogP) is 1.49. The van der Waals surface area contributed by atoms with Gasteiger partial charge in [-0.25, -0.2) is 9.36 Å². The van der Waals surface area contributed by atoms with Crippen LogP contribution < -0.4 is 21.3 Å². The summed E-state index contributed by atoms with van der Waals surface area (Å²) in [7, 11) is 1.63. The van der Waals surface area contributed by atoms with E-state index in [1.165, 1.54) is 0 Å². The zero-order valence-electron chi connectivity index (χ0n) is 17.9. The van der Waals surface area contributed by atoms with E-state index < -0.39 is 17.3 Å². The Labute approximate surface area is 183 Å². The third-order valence-corrected chi connectivity index (χ3v) is 6.29. The molecule has 32 heavy (non-hydrogen) atoms. The van der Waals surface area contributed by atoms with Gasteiger partial charge in [0.2, 0.25) is 5.88 Å². The van der Waals surface area contributed by atoms with Gasteiger partial charge in [-0.3, -0.25) is 9.78 Å². The summed E-state index contributed by atoms with van der Waals surface area (Å²) in [5, 5.41) is 14.2. The van der Waals surface area contributed by atoms with Crippen molar-refractivity contribution in [2.75, 3.05) is 13.7 Å². The van der Waals surface area contributed by atoms with Crippen LogP contribution in [0.15, 0.2) is 52.1 Å². The number of rotatable bonds is 4. The lowest BCUT2D eigenvalue weighted by molar-refractivity contribution is -0.690. The van der Waals surface area contributed by atoms with E-state index in [2.05, 4.69) is 9.97 Å². The first-order valence-corrected chi connectivity index (χ1v) is 10.7. The van der Waals surface area contributed by atoms with Crippen molar-refractivity contribution in [2.24, 2.45) is 0 Å². The van der Waals surface area contributed by atoms with Gasteiger partial charge in [0.05, 0.1) is 25.0 Å². The Morgan fingerprint density at radius 1 is 1.16 bits per heavy atom. The molecular formula is C24H25N4O4+. The minimum absolute atomic E-state index is 0.156. The molecule has 8 heteroatoms. The molecule has 0 saturated carbocycles. The van der Waals surface area contributed by atoms with Crippen molar-refractivity contribution in [3.63, 3.8) is 0 Å². The first-order chi connectivity index (χ1) is 15.5. The number of nitrogens with one attached hydrogen (secondary N) is 2. The largest absolute Gasteiger partial charge is 0.497 e. The molecule has 0 radical (unpaired) electrons. The summed E-state index contributed by atoms with van der Waals surface area (Å²) in [5.41, 5.74) is 3.41. The maximum atomic E-state index is 12.9. The van der Waals surface area contributed by atoms with Gasteiger partial charge < -0.3 is 20.1 Å². The fraction of sp³-hybridized carbons (Fsp3) is 0.250. The first kappa shape index (κ1) is 20.1. The average molecular weight is 433 g/mol. The van der Waals surface area contributed by atoms with Crippen molar-refractivity contribution in [3.8, 4) is 17.3 Å². The van der Waals surface area contributed by atoms with Crippen LogP contribution in [0.4, 0.5) is 0 Å². The molecule has 3 heterocycles. The SMILES string of the molecule is CCc1ccc(-n2c(O)c([C@H]3[NH2+]CCc4c3[nH]c3ccc(OC)cc43)c(=O)[nH]c2=O)cc1. The van der Waals surface area contributed by atoms with Gasteiger partial charge in [-0.2, -0.15) is 0 Å². The third kappa shape index (κ3) is 3.11. The lowest BCUT2D eigenvalue weighted by Gasteiger charge is -2.22. The number of nitrogens with zero attached hydrogens (tertiary/aromatic N) is 1. The van der Waals surface area contributed by atoms with Crippen molar-refractivity contribution < 1.29 is 15.2 Å². The number of aromatic amines is 2. The molecule has 8 nitrogen and oxygen atoms in total. The van der Waals surface area contributed by atoms with E-state index in [0.29, 0.717) is 5.69 Å². The highest BCUT2D eigenvalue weighted by Crippen LogP contribution is 2.34. The fourth-order valence-corrected chi connectivity index (χ4v) is 4.62. The normalized spacial score (nSPS) is 15.6. The van der Waals surface area contributed by atoms with Gasteiger partial charge in [-0.15, -0.1) is 0 Å². The van der Waals surface area contributed by atoms with Crippen LogP contribution in [0, 0.1) is 0 Å². The molecule has 4 aromatic rings. The number of hydrogen-bond donors (Lipinski definition) is 4. The van der Waals surface area contributed by atoms with E-state index in [1.54, 1.807) is 19.2 Å². The molecule has 5 N–H and O–H groups in total. The van der Waals surface area contributed by atoms with Crippen LogP contribution in [0.5, 0.6) is 11.6 Å². The monoisotopic (exact) mass is 433 g/mol. The van der Waals surface area contributed by atoms with Gasteiger partial charge in [0, 0.05) is 17.3 Å². The number of fused-ring (bicyclic) bond motifs is 3. The molecule has 1 aliphatic heterocycles. The van der Waals surface area contributed by atoms with Gasteiger partial charge in [-0.1, -0.05) is 19.1 Å². The van der Waals surface area contributed by atoms with Gasteiger partial charge >= 0.3 is 5.69 Å². The van der Waals surface area contributed by atoms with Gasteiger partial charge in [0.15, 0.2) is 6.04 Å². The highest BCUT2D eigenvalue weighted by atomic mass is 16.5. The first-order valence-electron chi connectivity index (χ1n) is 10.7. The Hall–Kier alpha value is -3.78. The minimum Gasteiger partial charge on any atom is -0.497 e. The molecule has 0 bridgehead atoms. The summed E-state index contributed by atoms with van der Waals surface area (Å²) in [6.45, 7) is 2.79. The molecule has 5 rings (SSSR count). The fourth-order valence-electron chi connectivity index (χ4n) is 4.62. The van der Waals surface area contributed by atoms with E-state index in [1.807, 2.05) is 42.6 Å². The lowest BCUT2D eigenvalue weighted by atomic mass is 9.95. The second-order valence-electron chi connectivity index (χ2n) is 8.03. The third-order valence-electron chi connectivity index (χ3n) is 6.29. The summed E-state index contributed by atoms with van der Waals surface area (Å²) in [6, 6.07) is 12.7. The van der Waals surface area contributed by atoms with E-state index in [9.17, 15) is 14.7 Å². The van der Waals surface area contributed by atoms with Crippen LogP contribution in [-0.4, -0.2) is 33.3 Å². The number of aromatic hydroxyl groups is 1. The highest BCUT2D eigenvalue weighted by molar-refractivity contribution is 5.86. The molecular weight excluding hydrogens is 408 g/mol. The summed E-state index contributed by atoms with van der Waals surface area (Å²) < 4.78 is 6.53. The standard InChI is InChI=1S/C24H24N4O4/c1-3-13-4-6-14(7-5-13)28-23(30)19(22(29)27-24(28)31)21-20-16(10-11-25-21)17-12-15(32-2)8-9-18(17)26-20/h4-9,12,21,25-26,30H,3,10-11H2,1-2H3,(H,27,29,31)/p+1/t21-/m1/s1. The molecule has 0 fully saturated rings. The summed E-state index contributed by atoms with van der Waals surface area (Å²) in [6.07, 6.45) is 1.68. The maximum absolute atomic E-state index is 12.9. The number of benzene rings is 2. The topological polar surface area (TPSA) is 117 Å². The number of aromatic nitrogens is 3. The minimum atomic E-state index is -0.669. The molecule has 0 spiro atoms. The molecule has 0 amide bonds. The van der Waals surface area contributed by atoms with Crippen LogP contribution in [0.2, 0.25) is 0 Å². The van der Waals surface area contributed by atoms with Crippen LogP contribution in [0.1, 0.15) is 35.3 Å². The number of methoxy groups -OCH3 is 1. The molecule has 0 unspecified atom stereocenters. The Morgan fingerprint density at radius 2 is 1.94 bits per heavy atom. The zero-order valence-corrected chi connectivity index (χ0v) is 17.9. The Kier molecular flexibility index (Phi) is 4.86. The maximum Gasteiger partial charge on any atom is 0.335 e. The molecule has 0 saturated heterocycles. The van der Waals surface area contributed by atoms with Crippen LogP contribution in [0.3, 0.4) is 0 Å². The predicted molar refractivity (Wildman–Crippen MR) is 121 cm³/mol. The Bertz CT molecular complexity index is 1430. The zero-order chi connectivity index (χ0) is 22.4. The second kappa shape index (κ2) is 7.72. The number of aryl methyl sites for hydroxylation is 1. The van der Waals surface area contributed by atoms with Gasteiger partial charge in [-0.05, 0) is 47.9 Å². The van der Waals surface area contributed by atoms with Crippen LogP contribution in [0.25, 0.3) is 16.6 Å². The van der Waals surface area contributed by atoms with Crippen molar-refractivity contribution in [3.05, 3.63) is 85.7 Å². The van der Waals surface area contributed by atoms with Crippen LogP contribution >= 0.6 is 0 Å². The van der Waals surface area contributed by atoms with E-state index >= 15 is 0 Å². The Morgan fingerprint density at radius 3 is 2.66 bits per heavy atom. The van der Waals surface area contributed by atoms with E-state index in [-0.39, 0.29) is 11.4 Å². The van der Waals surface area contributed by atoms with Crippen LogP contribution in [-0.2, 0) is 12.8 Å². The second-order valence-corrected chi connectivity index (χ2v) is 8.03. The molecule has 0 aliphatic carbocycles. The molecule has 2 aromatic heterocycles. The Balaban J connectivity index is 1.69. The average Bonchev–Trinajstić information content (AvgIpc) is 3.18. The van der Waals surface area contributed by atoms with Crippen molar-refractivity contribution in [1.29, 1.82) is 0 Å². The van der Waals surface area contributed by atoms with E-state index in [4.69, 9.17) is 4.74 Å². The van der Waals surface area contributed by atoms with Crippen molar-refractivity contribution >= 4 is 10.9 Å². The number of hydrogen-bond acceptors (Lipinski definition) is 4. The molecule has 164 valence electrons. The number of H-pyrrole nitrogens is 2. The van der Waals surface area contributed by atoms with Crippen molar-refractivity contribution in [2.45, 2.75) is 25.8 Å². The van der Waals surface area contributed by atoms with Crippen molar-refractivity contribution in [1.82, 2.24) is 14.5 Å². The molecule has 1 atom stereocenters. The lowest BCUT2D eigenvalue weighted by Crippen LogP contribution is -2.87. The van der Waals surface area contributed by atoms with E-state index in [0.717, 1.165) is 57.4 Å². The van der Waals surface area contributed by atoms with Gasteiger partial charge in [0.25, 0.3) is 5.56 Å². The molecule has 2 aromatic carbocycles.